The fraction of sp³-hybridized carbons (Fsp3) is 0.700. The Balaban J connectivity index is 1.57. The highest BCUT2D eigenvalue weighted by Gasteiger charge is 2.69. The molecule has 0 bridgehead atoms. The lowest BCUT2D eigenvalue weighted by Crippen LogP contribution is -2.40. The summed E-state index contributed by atoms with van der Waals surface area (Å²) in [5, 5.41) is 6.27. The van der Waals surface area contributed by atoms with Gasteiger partial charge in [0.05, 0.1) is 12.0 Å². The Bertz CT molecular complexity index is 491. The van der Waals surface area contributed by atoms with E-state index in [1.165, 1.54) is 0 Å². The molecule has 0 saturated heterocycles. The molecule has 0 spiro atoms. The number of aromatic amines is 1. The maximum atomic E-state index is 11.9. The predicted molar refractivity (Wildman–Crippen MR) is 53.3 cm³/mol. The molecule has 6 heteroatoms. The first-order valence-corrected chi connectivity index (χ1v) is 5.45. The Morgan fingerprint density at radius 1 is 1.69 bits per heavy atom. The largest absolute Gasteiger partial charge is 0.438 e. The molecule has 2 aliphatic rings. The first kappa shape index (κ1) is 9.62. The summed E-state index contributed by atoms with van der Waals surface area (Å²) in [6.07, 6.45) is 1.99. The standard InChI is InChI=1S/C10H13N3O3/c1-5-2-10(3-6(5)10)8(14)11-4-7-12-9(15)16-13-7/h5-6H,2-4H2,1H3,(H,11,14)(H,12,13,15)/t5-,6-,10+/m1/s1. The van der Waals surface area contributed by atoms with E-state index < -0.39 is 5.76 Å². The van der Waals surface area contributed by atoms with E-state index in [1.54, 1.807) is 0 Å². The van der Waals surface area contributed by atoms with Crippen molar-refractivity contribution in [1.82, 2.24) is 15.5 Å². The fourth-order valence-corrected chi connectivity index (χ4v) is 2.90. The normalized spacial score (nSPS) is 35.1. The molecule has 1 heterocycles. The van der Waals surface area contributed by atoms with Crippen molar-refractivity contribution >= 4 is 5.91 Å². The van der Waals surface area contributed by atoms with Gasteiger partial charge >= 0.3 is 5.76 Å². The third-order valence-corrected chi connectivity index (χ3v) is 3.86. The molecule has 2 fully saturated rings. The first-order valence-electron chi connectivity index (χ1n) is 5.45. The van der Waals surface area contributed by atoms with Crippen LogP contribution < -0.4 is 11.1 Å². The monoisotopic (exact) mass is 223 g/mol. The van der Waals surface area contributed by atoms with Gasteiger partial charge in [-0.05, 0) is 24.7 Å². The Labute approximate surface area is 91.4 Å². The van der Waals surface area contributed by atoms with E-state index in [0.29, 0.717) is 17.7 Å². The van der Waals surface area contributed by atoms with Crippen LogP contribution in [0.5, 0.6) is 0 Å². The van der Waals surface area contributed by atoms with E-state index in [4.69, 9.17) is 0 Å². The molecule has 3 atom stereocenters. The molecule has 2 aliphatic carbocycles. The smallest absolute Gasteiger partial charge is 0.348 e. The Kier molecular flexibility index (Phi) is 1.78. The highest BCUT2D eigenvalue weighted by atomic mass is 16.5. The van der Waals surface area contributed by atoms with E-state index in [1.807, 2.05) is 0 Å². The summed E-state index contributed by atoms with van der Waals surface area (Å²) in [6, 6.07) is 0. The van der Waals surface area contributed by atoms with Crippen LogP contribution in [-0.4, -0.2) is 16.0 Å². The van der Waals surface area contributed by atoms with Gasteiger partial charge in [0.2, 0.25) is 5.91 Å². The van der Waals surface area contributed by atoms with Crippen molar-refractivity contribution in [3.05, 3.63) is 16.4 Å². The predicted octanol–water partition coefficient (Wildman–Crippen LogP) is 0.0252. The molecule has 3 rings (SSSR count). The third-order valence-electron chi connectivity index (χ3n) is 3.86. The average Bonchev–Trinajstić information content (AvgIpc) is 2.67. The van der Waals surface area contributed by atoms with E-state index in [-0.39, 0.29) is 17.9 Å². The summed E-state index contributed by atoms with van der Waals surface area (Å²) >= 11 is 0. The second-order valence-electron chi connectivity index (χ2n) is 4.87. The van der Waals surface area contributed by atoms with Crippen molar-refractivity contribution < 1.29 is 9.32 Å². The highest BCUT2D eigenvalue weighted by molar-refractivity contribution is 5.87. The molecule has 2 N–H and O–H groups in total. The summed E-state index contributed by atoms with van der Waals surface area (Å²) in [7, 11) is 0. The lowest BCUT2D eigenvalue weighted by Gasteiger charge is -2.30. The molecular formula is C10H13N3O3. The number of amides is 1. The van der Waals surface area contributed by atoms with Gasteiger partial charge in [0.1, 0.15) is 0 Å². The average molecular weight is 223 g/mol. The number of H-pyrrole nitrogens is 1. The molecule has 0 unspecified atom stereocenters. The van der Waals surface area contributed by atoms with Crippen LogP contribution in [0.1, 0.15) is 25.6 Å². The molecule has 0 aromatic carbocycles. The van der Waals surface area contributed by atoms with E-state index in [0.717, 1.165) is 12.8 Å². The molecule has 1 aromatic heterocycles. The molecule has 1 amide bonds. The van der Waals surface area contributed by atoms with Gasteiger partial charge in [-0.15, -0.1) is 0 Å². The van der Waals surface area contributed by atoms with Crippen LogP contribution in [0.4, 0.5) is 0 Å². The number of nitrogens with one attached hydrogen (secondary N) is 2. The van der Waals surface area contributed by atoms with E-state index in [9.17, 15) is 9.59 Å². The zero-order valence-corrected chi connectivity index (χ0v) is 8.95. The molecule has 0 radical (unpaired) electrons. The van der Waals surface area contributed by atoms with Gasteiger partial charge in [0, 0.05) is 0 Å². The number of carbonyl (C=O) groups is 1. The van der Waals surface area contributed by atoms with Crippen molar-refractivity contribution in [2.24, 2.45) is 17.3 Å². The maximum absolute atomic E-state index is 11.9. The lowest BCUT2D eigenvalue weighted by atomic mass is 9.75. The summed E-state index contributed by atoms with van der Waals surface area (Å²) in [4.78, 5) is 24.9. The van der Waals surface area contributed by atoms with Crippen molar-refractivity contribution in [2.45, 2.75) is 26.3 Å². The molecular weight excluding hydrogens is 210 g/mol. The van der Waals surface area contributed by atoms with Gasteiger partial charge in [-0.3, -0.25) is 14.3 Å². The number of hydrogen-bond donors (Lipinski definition) is 2. The summed E-state index contributed by atoms with van der Waals surface area (Å²) in [5.41, 5.74) is -0.0938. The van der Waals surface area contributed by atoms with Crippen LogP contribution in [-0.2, 0) is 11.3 Å². The van der Waals surface area contributed by atoms with Crippen molar-refractivity contribution in [3.63, 3.8) is 0 Å². The summed E-state index contributed by atoms with van der Waals surface area (Å²) in [5.74, 6) is 1.10. The summed E-state index contributed by atoms with van der Waals surface area (Å²) in [6.45, 7) is 2.41. The highest BCUT2D eigenvalue weighted by Crippen LogP contribution is 2.70. The molecule has 86 valence electrons. The molecule has 6 nitrogen and oxygen atoms in total. The topological polar surface area (TPSA) is 88.0 Å². The van der Waals surface area contributed by atoms with Gasteiger partial charge in [0.25, 0.3) is 0 Å². The van der Waals surface area contributed by atoms with Crippen LogP contribution >= 0.6 is 0 Å². The Morgan fingerprint density at radius 2 is 2.50 bits per heavy atom. The molecule has 1 aromatic rings. The van der Waals surface area contributed by atoms with Gasteiger partial charge in [-0.1, -0.05) is 12.1 Å². The molecule has 2 saturated carbocycles. The van der Waals surface area contributed by atoms with Crippen molar-refractivity contribution in [2.75, 3.05) is 0 Å². The number of fused-ring (bicyclic) bond motifs is 1. The summed E-state index contributed by atoms with van der Waals surface area (Å²) < 4.78 is 4.34. The Morgan fingerprint density at radius 3 is 3.00 bits per heavy atom. The van der Waals surface area contributed by atoms with Gasteiger partial charge < -0.3 is 5.32 Å². The minimum Gasteiger partial charge on any atom is -0.348 e. The van der Waals surface area contributed by atoms with Crippen LogP contribution in [0.2, 0.25) is 0 Å². The minimum absolute atomic E-state index is 0.0828. The van der Waals surface area contributed by atoms with Crippen molar-refractivity contribution in [1.29, 1.82) is 0 Å². The van der Waals surface area contributed by atoms with Crippen LogP contribution in [0.15, 0.2) is 9.32 Å². The number of rotatable bonds is 3. The SMILES string of the molecule is C[C@@H]1C[C@]2(C(=O)NCc3noc(=O)[nH]3)C[C@H]12. The van der Waals surface area contributed by atoms with Gasteiger partial charge in [0.15, 0.2) is 5.82 Å². The van der Waals surface area contributed by atoms with Gasteiger partial charge in [-0.25, -0.2) is 4.79 Å². The zero-order valence-electron chi connectivity index (χ0n) is 8.95. The number of aromatic nitrogens is 2. The van der Waals surface area contributed by atoms with Gasteiger partial charge in [-0.2, -0.15) is 0 Å². The zero-order chi connectivity index (χ0) is 11.3. The molecule has 16 heavy (non-hydrogen) atoms. The Hall–Kier alpha value is -1.59. The second-order valence-corrected chi connectivity index (χ2v) is 4.87. The number of nitrogens with zero attached hydrogens (tertiary/aromatic N) is 1. The lowest BCUT2D eigenvalue weighted by molar-refractivity contribution is -0.130. The van der Waals surface area contributed by atoms with Crippen molar-refractivity contribution in [3.8, 4) is 0 Å². The van der Waals surface area contributed by atoms with Crippen LogP contribution in [0, 0.1) is 17.3 Å². The first-order chi connectivity index (χ1) is 7.62. The van der Waals surface area contributed by atoms with Crippen LogP contribution in [0.3, 0.4) is 0 Å². The number of hydrogen-bond acceptors (Lipinski definition) is 4. The van der Waals surface area contributed by atoms with E-state index in [2.05, 4.69) is 26.9 Å². The second kappa shape index (κ2) is 2.96. The number of carbonyl (C=O) groups excluding carboxylic acids is 1. The minimum atomic E-state index is -0.594. The third kappa shape index (κ3) is 1.22. The van der Waals surface area contributed by atoms with Crippen LogP contribution in [0.25, 0.3) is 0 Å². The fourth-order valence-electron chi connectivity index (χ4n) is 2.90. The maximum Gasteiger partial charge on any atom is 0.438 e. The van der Waals surface area contributed by atoms with E-state index >= 15 is 0 Å². The molecule has 0 aliphatic heterocycles. The quantitative estimate of drug-likeness (QED) is 0.756.